The van der Waals surface area contributed by atoms with Gasteiger partial charge in [-0.2, -0.15) is 0 Å². The molecule has 1 aromatic carbocycles. The first kappa shape index (κ1) is 13.0. The van der Waals surface area contributed by atoms with Crippen LogP contribution in [0.5, 0.6) is 0 Å². The Morgan fingerprint density at radius 3 is 2.81 bits per heavy atom. The monoisotopic (exact) mass is 297 g/mol. The van der Waals surface area contributed by atoms with E-state index in [0.717, 1.165) is 22.8 Å². The topological polar surface area (TPSA) is 40.7 Å². The Morgan fingerprint density at radius 2 is 2.10 bits per heavy atom. The normalized spacial score (nSPS) is 18.0. The van der Waals surface area contributed by atoms with Crippen LogP contribution in [0.3, 0.4) is 0 Å². The smallest absolute Gasteiger partial charge is 0.124 e. The maximum absolute atomic E-state index is 4.71. The second-order valence-corrected chi connectivity index (χ2v) is 6.84. The maximum atomic E-state index is 4.71. The summed E-state index contributed by atoms with van der Waals surface area (Å²) in [6.07, 6.45) is 2.67. The van der Waals surface area contributed by atoms with Crippen molar-refractivity contribution in [2.75, 3.05) is 0 Å². The Hall–Kier alpha value is -1.65. The van der Waals surface area contributed by atoms with Gasteiger partial charge in [-0.1, -0.05) is 18.2 Å². The van der Waals surface area contributed by atoms with E-state index in [1.807, 2.05) is 23.5 Å². The van der Waals surface area contributed by atoms with Gasteiger partial charge in [0, 0.05) is 10.9 Å². The Kier molecular flexibility index (Phi) is 3.28. The van der Waals surface area contributed by atoms with Crippen LogP contribution in [-0.4, -0.2) is 9.97 Å². The standard InChI is InChI=1S/C17H19N3S/c1-11(17-19-13-5-2-3-6-14(13)20-17)18-16(12-8-9-12)15-7-4-10-21-15/h2-7,10-12,16,18H,8-9H2,1H3,(H,19,20). The molecule has 0 radical (unpaired) electrons. The lowest BCUT2D eigenvalue weighted by atomic mass is 10.1. The van der Waals surface area contributed by atoms with Gasteiger partial charge in [0.1, 0.15) is 5.82 Å². The van der Waals surface area contributed by atoms with Crippen molar-refractivity contribution in [2.45, 2.75) is 31.8 Å². The molecule has 108 valence electrons. The minimum Gasteiger partial charge on any atom is -0.341 e. The fourth-order valence-corrected chi connectivity index (χ4v) is 3.75. The molecule has 21 heavy (non-hydrogen) atoms. The summed E-state index contributed by atoms with van der Waals surface area (Å²) in [5.74, 6) is 1.81. The molecular formula is C17H19N3S. The number of benzene rings is 1. The van der Waals surface area contributed by atoms with E-state index in [1.165, 1.54) is 17.7 Å². The van der Waals surface area contributed by atoms with Crippen LogP contribution in [0.1, 0.15) is 42.6 Å². The van der Waals surface area contributed by atoms with Gasteiger partial charge in [-0.3, -0.25) is 5.32 Å². The van der Waals surface area contributed by atoms with Crippen molar-refractivity contribution in [3.05, 3.63) is 52.5 Å². The summed E-state index contributed by atoms with van der Waals surface area (Å²) in [6, 6.07) is 13.3. The first-order valence-electron chi connectivity index (χ1n) is 7.55. The molecule has 0 amide bonds. The van der Waals surface area contributed by atoms with Gasteiger partial charge in [-0.15, -0.1) is 11.3 Å². The molecule has 1 saturated carbocycles. The molecule has 0 aliphatic heterocycles. The number of thiophene rings is 1. The van der Waals surface area contributed by atoms with Crippen LogP contribution in [0.2, 0.25) is 0 Å². The third-order valence-electron chi connectivity index (χ3n) is 4.19. The van der Waals surface area contributed by atoms with Crippen molar-refractivity contribution < 1.29 is 0 Å². The molecule has 0 saturated heterocycles. The van der Waals surface area contributed by atoms with Crippen molar-refractivity contribution in [1.82, 2.24) is 15.3 Å². The van der Waals surface area contributed by atoms with Gasteiger partial charge in [0.15, 0.2) is 0 Å². The second-order valence-electron chi connectivity index (χ2n) is 5.86. The summed E-state index contributed by atoms with van der Waals surface area (Å²) < 4.78 is 0. The van der Waals surface area contributed by atoms with Crippen LogP contribution in [0, 0.1) is 5.92 Å². The average Bonchev–Trinajstić information content (AvgIpc) is 3.03. The quantitative estimate of drug-likeness (QED) is 0.731. The number of nitrogens with one attached hydrogen (secondary N) is 2. The molecule has 2 atom stereocenters. The Bertz CT molecular complexity index is 694. The summed E-state index contributed by atoms with van der Waals surface area (Å²) in [5.41, 5.74) is 2.15. The summed E-state index contributed by atoms with van der Waals surface area (Å²) in [5, 5.41) is 5.94. The molecule has 1 aliphatic rings. The number of rotatable bonds is 5. The number of H-pyrrole nitrogens is 1. The lowest BCUT2D eigenvalue weighted by Gasteiger charge is -2.21. The van der Waals surface area contributed by atoms with E-state index in [4.69, 9.17) is 4.98 Å². The van der Waals surface area contributed by atoms with Crippen LogP contribution in [0.4, 0.5) is 0 Å². The molecule has 3 nitrogen and oxygen atoms in total. The molecule has 0 bridgehead atoms. The molecule has 0 spiro atoms. The number of imidazole rings is 1. The zero-order chi connectivity index (χ0) is 14.2. The molecule has 2 unspecified atom stereocenters. The SMILES string of the molecule is CC(NC(c1cccs1)C1CC1)c1nc2ccccc2[nH]1. The molecule has 4 heteroatoms. The Balaban J connectivity index is 1.57. The fourth-order valence-electron chi connectivity index (χ4n) is 2.87. The number of hydrogen-bond acceptors (Lipinski definition) is 3. The largest absolute Gasteiger partial charge is 0.341 e. The van der Waals surface area contributed by atoms with E-state index in [9.17, 15) is 0 Å². The average molecular weight is 297 g/mol. The first-order chi connectivity index (χ1) is 10.3. The molecule has 1 fully saturated rings. The summed E-state index contributed by atoms with van der Waals surface area (Å²) >= 11 is 1.85. The lowest BCUT2D eigenvalue weighted by Crippen LogP contribution is -2.26. The van der Waals surface area contributed by atoms with Gasteiger partial charge in [0.2, 0.25) is 0 Å². The molecule has 4 rings (SSSR count). The van der Waals surface area contributed by atoms with E-state index >= 15 is 0 Å². The Labute approximate surface area is 128 Å². The minimum atomic E-state index is 0.227. The fraction of sp³-hybridized carbons (Fsp3) is 0.353. The predicted molar refractivity (Wildman–Crippen MR) is 87.4 cm³/mol. The first-order valence-corrected chi connectivity index (χ1v) is 8.43. The summed E-state index contributed by atoms with van der Waals surface area (Å²) in [7, 11) is 0. The van der Waals surface area contributed by atoms with Gasteiger partial charge in [-0.25, -0.2) is 4.98 Å². The van der Waals surface area contributed by atoms with Crippen molar-refractivity contribution in [1.29, 1.82) is 0 Å². The third-order valence-corrected chi connectivity index (χ3v) is 5.15. The summed E-state index contributed by atoms with van der Waals surface area (Å²) in [4.78, 5) is 9.59. The number of aromatic amines is 1. The highest BCUT2D eigenvalue weighted by Gasteiger charge is 2.34. The molecular weight excluding hydrogens is 278 g/mol. The van der Waals surface area contributed by atoms with Crippen molar-refractivity contribution >= 4 is 22.4 Å². The van der Waals surface area contributed by atoms with Crippen molar-refractivity contribution in [3.63, 3.8) is 0 Å². The zero-order valence-electron chi connectivity index (χ0n) is 12.0. The van der Waals surface area contributed by atoms with Crippen molar-refractivity contribution in [2.24, 2.45) is 5.92 Å². The summed E-state index contributed by atoms with van der Waals surface area (Å²) in [6.45, 7) is 2.20. The van der Waals surface area contributed by atoms with Gasteiger partial charge in [0.25, 0.3) is 0 Å². The highest BCUT2D eigenvalue weighted by atomic mass is 32.1. The highest BCUT2D eigenvalue weighted by molar-refractivity contribution is 7.10. The van der Waals surface area contributed by atoms with Gasteiger partial charge in [-0.05, 0) is 49.3 Å². The highest BCUT2D eigenvalue weighted by Crippen LogP contribution is 2.43. The predicted octanol–water partition coefficient (Wildman–Crippen LogP) is 4.43. The molecule has 2 N–H and O–H groups in total. The Morgan fingerprint density at radius 1 is 1.24 bits per heavy atom. The number of aromatic nitrogens is 2. The van der Waals surface area contributed by atoms with Crippen LogP contribution < -0.4 is 5.32 Å². The minimum absolute atomic E-state index is 0.227. The van der Waals surface area contributed by atoms with Crippen LogP contribution in [0.25, 0.3) is 11.0 Å². The number of para-hydroxylation sites is 2. The van der Waals surface area contributed by atoms with E-state index in [2.05, 4.69) is 46.9 Å². The van der Waals surface area contributed by atoms with E-state index in [-0.39, 0.29) is 6.04 Å². The number of nitrogens with zero attached hydrogens (tertiary/aromatic N) is 1. The van der Waals surface area contributed by atoms with E-state index in [0.29, 0.717) is 6.04 Å². The molecule has 2 heterocycles. The zero-order valence-corrected chi connectivity index (χ0v) is 12.9. The maximum Gasteiger partial charge on any atom is 0.124 e. The lowest BCUT2D eigenvalue weighted by molar-refractivity contribution is 0.423. The number of fused-ring (bicyclic) bond motifs is 1. The molecule has 2 aromatic heterocycles. The van der Waals surface area contributed by atoms with Crippen molar-refractivity contribution in [3.8, 4) is 0 Å². The second kappa shape index (κ2) is 5.28. The molecule has 3 aromatic rings. The van der Waals surface area contributed by atoms with Crippen LogP contribution in [0.15, 0.2) is 41.8 Å². The van der Waals surface area contributed by atoms with Gasteiger partial charge >= 0.3 is 0 Å². The number of hydrogen-bond donors (Lipinski definition) is 2. The van der Waals surface area contributed by atoms with Gasteiger partial charge < -0.3 is 4.98 Å². The van der Waals surface area contributed by atoms with Crippen LogP contribution >= 0.6 is 11.3 Å². The van der Waals surface area contributed by atoms with E-state index < -0.39 is 0 Å². The van der Waals surface area contributed by atoms with E-state index in [1.54, 1.807) is 0 Å². The van der Waals surface area contributed by atoms with Gasteiger partial charge in [0.05, 0.1) is 17.1 Å². The molecule has 1 aliphatic carbocycles. The van der Waals surface area contributed by atoms with Crippen LogP contribution in [-0.2, 0) is 0 Å². The third kappa shape index (κ3) is 2.61.